The zero-order valence-electron chi connectivity index (χ0n) is 14.4. The van der Waals surface area contributed by atoms with Crippen LogP contribution in [0.1, 0.15) is 11.1 Å². The van der Waals surface area contributed by atoms with Gasteiger partial charge in [0.1, 0.15) is 18.7 Å². The first-order valence-corrected chi connectivity index (χ1v) is 8.70. The van der Waals surface area contributed by atoms with E-state index >= 15 is 0 Å². The van der Waals surface area contributed by atoms with Gasteiger partial charge in [0.25, 0.3) is 0 Å². The predicted octanol–water partition coefficient (Wildman–Crippen LogP) is 4.54. The number of para-hydroxylation sites is 1. The summed E-state index contributed by atoms with van der Waals surface area (Å²) in [4.78, 5) is 4.11. The minimum atomic E-state index is 0.326. The Morgan fingerprint density at radius 3 is 2.69 bits per heavy atom. The molecule has 3 rings (SSSR count). The zero-order chi connectivity index (χ0) is 18.5. The van der Waals surface area contributed by atoms with Gasteiger partial charge in [0.05, 0.1) is 5.56 Å². The largest absolute Gasteiger partial charge is 0.488 e. The molecule has 0 atom stereocenters. The third-order valence-electron chi connectivity index (χ3n) is 3.57. The van der Waals surface area contributed by atoms with E-state index in [1.807, 2.05) is 55.2 Å². The van der Waals surface area contributed by atoms with Gasteiger partial charge in [0, 0.05) is 42.1 Å². The molecule has 3 aromatic rings. The molecule has 0 saturated heterocycles. The Balaban J connectivity index is 1.92. The van der Waals surface area contributed by atoms with E-state index in [1.165, 1.54) is 0 Å². The number of nitrogens with zero attached hydrogens (tertiary/aromatic N) is 4. The van der Waals surface area contributed by atoms with Crippen LogP contribution in [-0.4, -0.2) is 34.5 Å². The van der Waals surface area contributed by atoms with E-state index in [9.17, 15) is 0 Å². The molecule has 5 nitrogen and oxygen atoms in total. The molecule has 0 aliphatic carbocycles. The molecule has 0 amide bonds. The van der Waals surface area contributed by atoms with Crippen molar-refractivity contribution in [2.24, 2.45) is 5.10 Å². The number of hydrogen-bond acceptors (Lipinski definition) is 4. The first-order chi connectivity index (χ1) is 12.5. The Bertz CT molecular complexity index is 908. The van der Waals surface area contributed by atoms with Crippen molar-refractivity contribution in [1.29, 1.82) is 0 Å². The van der Waals surface area contributed by atoms with Crippen molar-refractivity contribution in [2.45, 2.75) is 6.61 Å². The van der Waals surface area contributed by atoms with Crippen LogP contribution >= 0.6 is 23.2 Å². The molecule has 26 heavy (non-hydrogen) atoms. The molecule has 0 aliphatic heterocycles. The normalized spacial score (nSPS) is 11.5. The van der Waals surface area contributed by atoms with Crippen LogP contribution in [0.5, 0.6) is 5.75 Å². The fourth-order valence-electron chi connectivity index (χ4n) is 2.39. The van der Waals surface area contributed by atoms with E-state index in [0.717, 1.165) is 11.1 Å². The minimum absolute atomic E-state index is 0.326. The molecule has 0 N–H and O–H groups in total. The van der Waals surface area contributed by atoms with Crippen LogP contribution in [0.3, 0.4) is 0 Å². The van der Waals surface area contributed by atoms with E-state index in [4.69, 9.17) is 27.9 Å². The Labute approximate surface area is 162 Å². The molecule has 1 heterocycles. The van der Waals surface area contributed by atoms with Gasteiger partial charge in [-0.1, -0.05) is 41.4 Å². The van der Waals surface area contributed by atoms with Gasteiger partial charge in [-0.25, -0.2) is 4.98 Å². The summed E-state index contributed by atoms with van der Waals surface area (Å²) >= 11 is 12.2. The first kappa shape index (κ1) is 18.3. The average Bonchev–Trinajstić information content (AvgIpc) is 3.13. The van der Waals surface area contributed by atoms with Crippen molar-refractivity contribution in [1.82, 2.24) is 14.6 Å². The van der Waals surface area contributed by atoms with E-state index in [1.54, 1.807) is 29.7 Å². The molecule has 0 radical (unpaired) electrons. The minimum Gasteiger partial charge on any atom is -0.488 e. The molecule has 0 bridgehead atoms. The fourth-order valence-corrected chi connectivity index (χ4v) is 2.85. The summed E-state index contributed by atoms with van der Waals surface area (Å²) in [5.41, 5.74) is 1.71. The molecule has 2 aromatic carbocycles. The predicted molar refractivity (Wildman–Crippen MR) is 105 cm³/mol. The Morgan fingerprint density at radius 2 is 2.00 bits per heavy atom. The lowest BCUT2D eigenvalue weighted by Gasteiger charge is -2.16. The van der Waals surface area contributed by atoms with E-state index in [2.05, 4.69) is 10.1 Å². The number of rotatable bonds is 5. The molecule has 0 spiro atoms. The number of ether oxygens (including phenoxy) is 1. The van der Waals surface area contributed by atoms with Crippen LogP contribution in [0.15, 0.2) is 66.3 Å². The van der Waals surface area contributed by atoms with Gasteiger partial charge in [-0.05, 0) is 24.3 Å². The molecule has 7 heteroatoms. The number of aromatic nitrogens is 2. The lowest BCUT2D eigenvalue weighted by atomic mass is 10.1. The quantitative estimate of drug-likeness (QED) is 0.366. The smallest absolute Gasteiger partial charge is 0.168 e. The van der Waals surface area contributed by atoms with Gasteiger partial charge in [-0.15, -0.1) is 0 Å². The van der Waals surface area contributed by atoms with Crippen LogP contribution in [0.25, 0.3) is 0 Å². The zero-order valence-corrected chi connectivity index (χ0v) is 15.9. The van der Waals surface area contributed by atoms with E-state index < -0.39 is 0 Å². The highest BCUT2D eigenvalue weighted by Crippen LogP contribution is 2.25. The Hall–Kier alpha value is -2.50. The number of benzene rings is 2. The lowest BCUT2D eigenvalue weighted by Crippen LogP contribution is -2.18. The molecule has 0 saturated carbocycles. The number of hydrazone groups is 1. The molecular weight excluding hydrogens is 371 g/mol. The summed E-state index contributed by atoms with van der Waals surface area (Å²) in [6.45, 7) is 0.326. The van der Waals surface area contributed by atoms with E-state index in [-0.39, 0.29) is 0 Å². The molecule has 0 unspecified atom stereocenters. The second-order valence-corrected chi connectivity index (χ2v) is 6.60. The van der Waals surface area contributed by atoms with Crippen molar-refractivity contribution >= 4 is 29.0 Å². The first-order valence-electron chi connectivity index (χ1n) is 7.95. The standard InChI is InChI=1S/C19H18Cl2N4O/c1-24(2)23-19(25-10-9-22-13-25)16-5-3-4-6-18(16)26-12-14-7-8-15(20)11-17(14)21/h3-11,13H,12H2,1-2H3. The molecule has 0 aliphatic rings. The van der Waals surface area contributed by atoms with Gasteiger partial charge in [0.15, 0.2) is 5.84 Å². The van der Waals surface area contributed by atoms with E-state index in [0.29, 0.717) is 28.2 Å². The van der Waals surface area contributed by atoms with Gasteiger partial charge < -0.3 is 9.75 Å². The lowest BCUT2D eigenvalue weighted by molar-refractivity contribution is 0.305. The van der Waals surface area contributed by atoms with Gasteiger partial charge in [-0.2, -0.15) is 5.10 Å². The summed E-state index contributed by atoms with van der Waals surface area (Å²) < 4.78 is 7.89. The summed E-state index contributed by atoms with van der Waals surface area (Å²) in [7, 11) is 3.74. The van der Waals surface area contributed by atoms with Crippen molar-refractivity contribution in [3.63, 3.8) is 0 Å². The number of hydrogen-bond donors (Lipinski definition) is 0. The van der Waals surface area contributed by atoms with Crippen LogP contribution < -0.4 is 4.74 Å². The van der Waals surface area contributed by atoms with Crippen molar-refractivity contribution < 1.29 is 4.74 Å². The summed E-state index contributed by atoms with van der Waals surface area (Å²) in [5, 5.41) is 7.49. The Kier molecular flexibility index (Phi) is 5.81. The maximum absolute atomic E-state index is 6.24. The van der Waals surface area contributed by atoms with Crippen molar-refractivity contribution in [3.8, 4) is 5.75 Å². The second-order valence-electron chi connectivity index (χ2n) is 5.76. The maximum atomic E-state index is 6.24. The van der Waals surface area contributed by atoms with Crippen molar-refractivity contribution in [3.05, 3.63) is 82.4 Å². The highest BCUT2D eigenvalue weighted by molar-refractivity contribution is 6.35. The second kappa shape index (κ2) is 8.25. The van der Waals surface area contributed by atoms with Crippen LogP contribution in [-0.2, 0) is 6.61 Å². The molecular formula is C19H18Cl2N4O. The van der Waals surface area contributed by atoms with Gasteiger partial charge >= 0.3 is 0 Å². The van der Waals surface area contributed by atoms with Crippen LogP contribution in [0, 0.1) is 0 Å². The van der Waals surface area contributed by atoms with Gasteiger partial charge in [-0.3, -0.25) is 4.57 Å². The fraction of sp³-hybridized carbons (Fsp3) is 0.158. The Morgan fingerprint density at radius 1 is 1.19 bits per heavy atom. The molecule has 0 fully saturated rings. The van der Waals surface area contributed by atoms with Crippen molar-refractivity contribution in [2.75, 3.05) is 14.1 Å². The topological polar surface area (TPSA) is 42.6 Å². The summed E-state index contributed by atoms with van der Waals surface area (Å²) in [5.74, 6) is 1.41. The summed E-state index contributed by atoms with van der Waals surface area (Å²) in [6, 6.07) is 13.1. The third kappa shape index (κ3) is 4.36. The van der Waals surface area contributed by atoms with Gasteiger partial charge in [0.2, 0.25) is 0 Å². The third-order valence-corrected chi connectivity index (χ3v) is 4.16. The van der Waals surface area contributed by atoms with Crippen LogP contribution in [0.4, 0.5) is 0 Å². The average molecular weight is 389 g/mol. The maximum Gasteiger partial charge on any atom is 0.168 e. The molecule has 134 valence electrons. The highest BCUT2D eigenvalue weighted by atomic mass is 35.5. The number of halogens is 2. The number of imidazole rings is 1. The monoisotopic (exact) mass is 388 g/mol. The van der Waals surface area contributed by atoms with Crippen LogP contribution in [0.2, 0.25) is 10.0 Å². The summed E-state index contributed by atoms with van der Waals surface area (Å²) in [6.07, 6.45) is 5.26. The highest BCUT2D eigenvalue weighted by Gasteiger charge is 2.14. The molecule has 1 aromatic heterocycles. The SMILES string of the molecule is CN(C)N=C(c1ccccc1OCc1ccc(Cl)cc1Cl)n1ccnc1.